The van der Waals surface area contributed by atoms with Gasteiger partial charge in [0, 0.05) is 5.56 Å². The van der Waals surface area contributed by atoms with Crippen LogP contribution in [0.3, 0.4) is 0 Å². The van der Waals surface area contributed by atoms with Crippen LogP contribution in [0.4, 0.5) is 4.79 Å². The molecule has 0 radical (unpaired) electrons. The first-order valence-electron chi connectivity index (χ1n) is 11.7. The van der Waals surface area contributed by atoms with Crippen LogP contribution in [0.25, 0.3) is 6.08 Å². The number of carbonyl (C=O) groups is 2. The van der Waals surface area contributed by atoms with Gasteiger partial charge in [-0.3, -0.25) is 14.9 Å². The molecule has 1 N–H and O–H groups in total. The Morgan fingerprint density at radius 3 is 2.60 bits per heavy atom. The van der Waals surface area contributed by atoms with Crippen molar-refractivity contribution in [3.8, 4) is 17.2 Å². The lowest BCUT2D eigenvalue weighted by Crippen LogP contribution is -2.42. The molecular formula is C27H30BrNO5S. The normalized spacial score (nSPS) is 20.5. The average molecular weight is 561 g/mol. The van der Waals surface area contributed by atoms with Gasteiger partial charge in [0.2, 0.25) is 0 Å². The molecule has 1 atom stereocenters. The second-order valence-electron chi connectivity index (χ2n) is 9.24. The van der Waals surface area contributed by atoms with Crippen molar-refractivity contribution in [2.24, 2.45) is 0 Å². The summed E-state index contributed by atoms with van der Waals surface area (Å²) in [5.74, 6) is 2.26. The number of amides is 2. The molecule has 0 unspecified atom stereocenters. The smallest absolute Gasteiger partial charge is 0.290 e. The highest BCUT2D eigenvalue weighted by Crippen LogP contribution is 2.44. The Hall–Kier alpha value is -2.45. The Morgan fingerprint density at radius 1 is 1.17 bits per heavy atom. The minimum absolute atomic E-state index is 0.354. The molecule has 0 bridgehead atoms. The minimum atomic E-state index is -0.471. The summed E-state index contributed by atoms with van der Waals surface area (Å²) in [6, 6.07) is 5.58. The van der Waals surface area contributed by atoms with E-state index in [1.807, 2.05) is 18.2 Å². The van der Waals surface area contributed by atoms with Crippen LogP contribution < -0.4 is 19.5 Å². The number of fused-ring (bicyclic) bond motifs is 1. The van der Waals surface area contributed by atoms with Crippen molar-refractivity contribution in [1.29, 1.82) is 0 Å². The predicted octanol–water partition coefficient (Wildman–Crippen LogP) is 6.65. The molecule has 0 aromatic heterocycles. The Balaban J connectivity index is 1.48. The molecule has 1 saturated heterocycles. The highest BCUT2D eigenvalue weighted by molar-refractivity contribution is 9.10. The number of ether oxygens (including phenoxy) is 3. The van der Waals surface area contributed by atoms with Crippen molar-refractivity contribution >= 4 is 44.9 Å². The molecular weight excluding hydrogens is 530 g/mol. The van der Waals surface area contributed by atoms with Gasteiger partial charge in [-0.25, -0.2) is 0 Å². The molecule has 6 nitrogen and oxygen atoms in total. The molecule has 0 saturated carbocycles. The molecule has 1 fully saturated rings. The molecule has 0 spiro atoms. The number of carbonyl (C=O) groups excluding carboxylic acids is 2. The lowest BCUT2D eigenvalue weighted by molar-refractivity contribution is -0.115. The summed E-state index contributed by atoms with van der Waals surface area (Å²) < 4.78 is 19.6. The van der Waals surface area contributed by atoms with E-state index in [9.17, 15) is 9.59 Å². The molecule has 2 aliphatic heterocycles. The van der Waals surface area contributed by atoms with Crippen LogP contribution in [0.2, 0.25) is 0 Å². The summed E-state index contributed by atoms with van der Waals surface area (Å²) >= 11 is 4.47. The number of halogens is 1. The number of hydrogen-bond donors (Lipinski definition) is 1. The molecule has 2 heterocycles. The van der Waals surface area contributed by atoms with Gasteiger partial charge >= 0.3 is 0 Å². The topological polar surface area (TPSA) is 73.9 Å². The predicted molar refractivity (Wildman–Crippen MR) is 143 cm³/mol. The summed E-state index contributed by atoms with van der Waals surface area (Å²) in [6.07, 6.45) is 4.40. The van der Waals surface area contributed by atoms with E-state index in [4.69, 9.17) is 14.2 Å². The molecule has 0 aliphatic carbocycles. The first-order chi connectivity index (χ1) is 16.6. The molecule has 8 heteroatoms. The fourth-order valence-electron chi connectivity index (χ4n) is 4.33. The van der Waals surface area contributed by atoms with Gasteiger partial charge in [-0.15, -0.1) is 0 Å². The Bertz CT molecular complexity index is 1220. The van der Waals surface area contributed by atoms with E-state index in [-0.39, 0.29) is 11.1 Å². The maximum atomic E-state index is 11.8. The van der Waals surface area contributed by atoms with Gasteiger partial charge in [0.1, 0.15) is 29.5 Å². The van der Waals surface area contributed by atoms with E-state index in [2.05, 4.69) is 55.9 Å². The molecule has 2 aliphatic rings. The maximum Gasteiger partial charge on any atom is 0.290 e. The van der Waals surface area contributed by atoms with E-state index < -0.39 is 5.60 Å². The fourth-order valence-corrected chi connectivity index (χ4v) is 5.52. The van der Waals surface area contributed by atoms with Gasteiger partial charge in [-0.2, -0.15) is 0 Å². The fraction of sp³-hybridized carbons (Fsp3) is 0.407. The summed E-state index contributed by atoms with van der Waals surface area (Å²) in [7, 11) is 0. The zero-order chi connectivity index (χ0) is 25.3. The average Bonchev–Trinajstić information content (AvgIpc) is 3.13. The Labute approximate surface area is 218 Å². The quantitative estimate of drug-likeness (QED) is 0.383. The number of nitrogens with one attached hydrogen (secondary N) is 1. The number of benzene rings is 2. The number of hydrogen-bond acceptors (Lipinski definition) is 6. The second-order valence-corrected chi connectivity index (χ2v) is 11.1. The van der Waals surface area contributed by atoms with Crippen molar-refractivity contribution in [1.82, 2.24) is 5.32 Å². The maximum absolute atomic E-state index is 11.8. The van der Waals surface area contributed by atoms with Gasteiger partial charge in [0.25, 0.3) is 11.1 Å². The van der Waals surface area contributed by atoms with Gasteiger partial charge in [0.05, 0.1) is 16.0 Å². The largest absolute Gasteiger partial charge is 0.493 e. The first-order valence-corrected chi connectivity index (χ1v) is 13.3. The van der Waals surface area contributed by atoms with E-state index in [0.29, 0.717) is 23.9 Å². The van der Waals surface area contributed by atoms with Crippen LogP contribution in [-0.2, 0) is 11.2 Å². The standard InChI is InChI=1S/C27H30BrNO5S/c1-6-11-32-23-15(2)16(3)24-19(17(23)4)9-10-27(5,34-24)14-33-21-8-7-18(12-20(21)28)13-22-25(30)29-26(31)35-22/h7-8,12-13H,6,9-11,14H2,1-5H3,(H,29,30,31)/b22-13+/t27-/m0/s1. The molecule has 2 aromatic rings. The first kappa shape index (κ1) is 25.6. The Morgan fingerprint density at radius 2 is 1.94 bits per heavy atom. The van der Waals surface area contributed by atoms with Crippen LogP contribution in [0.1, 0.15) is 54.5 Å². The van der Waals surface area contributed by atoms with Crippen LogP contribution in [0.15, 0.2) is 27.6 Å². The van der Waals surface area contributed by atoms with Gasteiger partial charge in [-0.05, 0) is 115 Å². The van der Waals surface area contributed by atoms with Crippen molar-refractivity contribution in [3.63, 3.8) is 0 Å². The van der Waals surface area contributed by atoms with E-state index in [1.54, 1.807) is 6.08 Å². The van der Waals surface area contributed by atoms with Crippen LogP contribution >= 0.6 is 27.7 Å². The van der Waals surface area contributed by atoms with Crippen LogP contribution in [-0.4, -0.2) is 30.0 Å². The highest BCUT2D eigenvalue weighted by atomic mass is 79.9. The van der Waals surface area contributed by atoms with E-state index >= 15 is 0 Å². The van der Waals surface area contributed by atoms with Crippen molar-refractivity contribution in [3.05, 3.63) is 55.4 Å². The zero-order valence-corrected chi connectivity index (χ0v) is 23.1. The second kappa shape index (κ2) is 10.3. The van der Waals surface area contributed by atoms with Crippen molar-refractivity contribution in [2.75, 3.05) is 13.2 Å². The monoisotopic (exact) mass is 559 g/mol. The van der Waals surface area contributed by atoms with Crippen LogP contribution in [0, 0.1) is 20.8 Å². The zero-order valence-electron chi connectivity index (χ0n) is 20.7. The van der Waals surface area contributed by atoms with Crippen molar-refractivity contribution in [2.45, 2.75) is 59.5 Å². The molecule has 4 rings (SSSR count). The third-order valence-electron chi connectivity index (χ3n) is 6.44. The minimum Gasteiger partial charge on any atom is -0.493 e. The van der Waals surface area contributed by atoms with Crippen LogP contribution in [0.5, 0.6) is 17.2 Å². The van der Waals surface area contributed by atoms with E-state index in [1.165, 1.54) is 11.1 Å². The lowest BCUT2D eigenvalue weighted by atomic mass is 9.87. The van der Waals surface area contributed by atoms with E-state index in [0.717, 1.165) is 63.7 Å². The summed E-state index contributed by atoms with van der Waals surface area (Å²) in [6.45, 7) is 11.6. The summed E-state index contributed by atoms with van der Waals surface area (Å²) in [5.41, 5.74) is 4.97. The number of thioether (sulfide) groups is 1. The highest BCUT2D eigenvalue weighted by Gasteiger charge is 2.36. The molecule has 35 heavy (non-hydrogen) atoms. The summed E-state index contributed by atoms with van der Waals surface area (Å²) in [4.78, 5) is 23.5. The summed E-state index contributed by atoms with van der Waals surface area (Å²) in [5, 5.41) is 1.91. The number of imide groups is 1. The van der Waals surface area contributed by atoms with Gasteiger partial charge < -0.3 is 14.2 Å². The molecule has 186 valence electrons. The molecule has 2 amide bonds. The third kappa shape index (κ3) is 5.38. The SMILES string of the molecule is CCCOc1c(C)c(C)c2c(c1C)CC[C@@](C)(COc1ccc(/C=C3/SC(=O)NC3=O)cc1Br)O2. The Kier molecular flexibility index (Phi) is 7.52. The van der Waals surface area contributed by atoms with Gasteiger partial charge in [-0.1, -0.05) is 13.0 Å². The molecule has 2 aromatic carbocycles. The third-order valence-corrected chi connectivity index (χ3v) is 7.87. The number of rotatable bonds is 7. The van der Waals surface area contributed by atoms with Gasteiger partial charge in [0.15, 0.2) is 0 Å². The van der Waals surface area contributed by atoms with Crippen molar-refractivity contribution < 1.29 is 23.8 Å². The lowest BCUT2D eigenvalue weighted by Gasteiger charge is -2.38.